The molecule has 1 aromatic carbocycles. The lowest BCUT2D eigenvalue weighted by Crippen LogP contribution is -2.41. The Morgan fingerprint density at radius 1 is 1.54 bits per heavy atom. The lowest BCUT2D eigenvalue weighted by molar-refractivity contribution is -0.151. The molecule has 1 N–H and O–H groups in total. The Hall–Kier alpha value is -2.22. The molecule has 6 nitrogen and oxygen atoms in total. The van der Waals surface area contributed by atoms with Crippen LogP contribution in [0.1, 0.15) is 25.8 Å². The molecule has 124 valence electrons. The molecule has 8 heteroatoms. The van der Waals surface area contributed by atoms with Crippen LogP contribution in [-0.2, 0) is 14.3 Å². The second-order valence-electron chi connectivity index (χ2n) is 5.75. The van der Waals surface area contributed by atoms with Gasteiger partial charge in [0.05, 0.1) is 23.6 Å². The number of ether oxygens (including phenoxy) is 1. The highest BCUT2D eigenvalue weighted by Crippen LogP contribution is 2.22. The van der Waals surface area contributed by atoms with E-state index in [2.05, 4.69) is 10.4 Å². The number of aromatic nitrogens is 2. The van der Waals surface area contributed by atoms with Gasteiger partial charge in [0.15, 0.2) is 5.78 Å². The van der Waals surface area contributed by atoms with E-state index in [0.717, 1.165) is 13.0 Å². The molecule has 1 aromatic heterocycles. The molecule has 2 radical (unpaired) electrons. The van der Waals surface area contributed by atoms with E-state index in [-0.39, 0.29) is 28.8 Å². The van der Waals surface area contributed by atoms with Crippen molar-refractivity contribution < 1.29 is 18.7 Å². The molecule has 1 saturated heterocycles. The van der Waals surface area contributed by atoms with Crippen molar-refractivity contribution in [3.8, 4) is 0 Å². The molecule has 0 saturated carbocycles. The average molecular weight is 329 g/mol. The van der Waals surface area contributed by atoms with Crippen molar-refractivity contribution in [3.05, 3.63) is 24.1 Å². The number of nitrogens with one attached hydrogen (secondary N) is 1. The summed E-state index contributed by atoms with van der Waals surface area (Å²) in [5, 5.41) is 7.44. The molecule has 24 heavy (non-hydrogen) atoms. The van der Waals surface area contributed by atoms with Gasteiger partial charge in [-0.1, -0.05) is 5.46 Å². The number of hydrogen-bond donors (Lipinski definition) is 1. The van der Waals surface area contributed by atoms with Crippen LogP contribution in [0.5, 0.6) is 0 Å². The van der Waals surface area contributed by atoms with Crippen molar-refractivity contribution in [1.82, 2.24) is 15.1 Å². The van der Waals surface area contributed by atoms with Gasteiger partial charge in [0, 0.05) is 6.20 Å². The average Bonchev–Trinajstić information content (AvgIpc) is 3.16. The number of halogens is 1. The quantitative estimate of drug-likeness (QED) is 0.488. The number of carbonyl (C=O) groups excluding carboxylic acids is 2. The van der Waals surface area contributed by atoms with Gasteiger partial charge in [-0.05, 0) is 38.4 Å². The molecule has 0 bridgehead atoms. The number of carbonyl (C=O) groups is 2. The molecule has 0 amide bonds. The van der Waals surface area contributed by atoms with Crippen molar-refractivity contribution in [1.29, 1.82) is 0 Å². The third-order valence-corrected chi connectivity index (χ3v) is 4.06. The Labute approximate surface area is 139 Å². The van der Waals surface area contributed by atoms with E-state index >= 15 is 0 Å². The first-order valence-corrected chi connectivity index (χ1v) is 7.89. The molecule has 2 atom stereocenters. The summed E-state index contributed by atoms with van der Waals surface area (Å²) >= 11 is 0. The summed E-state index contributed by atoms with van der Waals surface area (Å²) in [6.45, 7) is 2.52. The molecule has 3 rings (SSSR count). The Morgan fingerprint density at radius 2 is 2.33 bits per heavy atom. The highest BCUT2D eigenvalue weighted by Gasteiger charge is 2.37. The molecule has 0 aliphatic carbocycles. The Kier molecular flexibility index (Phi) is 4.66. The van der Waals surface area contributed by atoms with Crippen LogP contribution in [0.25, 0.3) is 10.9 Å². The fraction of sp³-hybridized carbons (Fsp3) is 0.438. The summed E-state index contributed by atoms with van der Waals surface area (Å²) in [4.78, 5) is 25.1. The Balaban J connectivity index is 2.02. The van der Waals surface area contributed by atoms with E-state index in [1.807, 2.05) is 0 Å². The Morgan fingerprint density at radius 3 is 3.00 bits per heavy atom. The lowest BCUT2D eigenvalue weighted by atomic mass is 9.95. The van der Waals surface area contributed by atoms with E-state index < -0.39 is 23.9 Å². The normalized spacial score (nSPS) is 18.7. The van der Waals surface area contributed by atoms with E-state index in [4.69, 9.17) is 12.6 Å². The maximum Gasteiger partial charge on any atom is 0.338 e. The number of nitrogens with zero attached hydrogens (tertiary/aromatic N) is 2. The van der Waals surface area contributed by atoms with E-state index in [1.54, 1.807) is 6.92 Å². The molecular formula is C16H17BFN3O3. The van der Waals surface area contributed by atoms with Gasteiger partial charge in [0.2, 0.25) is 6.04 Å². The minimum atomic E-state index is -1.24. The smallest absolute Gasteiger partial charge is 0.338 e. The van der Waals surface area contributed by atoms with Crippen molar-refractivity contribution in [3.63, 3.8) is 0 Å². The molecule has 1 fully saturated rings. The largest absolute Gasteiger partial charge is 0.464 e. The third-order valence-electron chi connectivity index (χ3n) is 4.06. The summed E-state index contributed by atoms with van der Waals surface area (Å²) in [6.07, 6.45) is 2.85. The zero-order valence-electron chi connectivity index (χ0n) is 13.3. The van der Waals surface area contributed by atoms with Gasteiger partial charge in [-0.15, -0.1) is 0 Å². The van der Waals surface area contributed by atoms with Crippen LogP contribution in [0, 0.1) is 5.82 Å². The van der Waals surface area contributed by atoms with Crippen LogP contribution >= 0.6 is 0 Å². The fourth-order valence-electron chi connectivity index (χ4n) is 2.95. The van der Waals surface area contributed by atoms with Crippen molar-refractivity contribution in [2.75, 3.05) is 13.2 Å². The van der Waals surface area contributed by atoms with Crippen LogP contribution in [0.15, 0.2) is 18.3 Å². The standard InChI is InChI=1S/C16H17BFN3O3/c1-2-24-16(23)14(15(22)12-4-3-5-19-12)21-8-10-11(18)6-9(17)7-13(10)20-21/h6-8,12,14,19H,2-5H2,1H3. The van der Waals surface area contributed by atoms with Crippen LogP contribution < -0.4 is 10.8 Å². The minimum absolute atomic E-state index is 0.142. The number of fused-ring (bicyclic) bond motifs is 1. The maximum atomic E-state index is 14.0. The zero-order chi connectivity index (χ0) is 17.3. The molecule has 1 aliphatic heterocycles. The van der Waals surface area contributed by atoms with Crippen LogP contribution in [0.3, 0.4) is 0 Å². The second-order valence-corrected chi connectivity index (χ2v) is 5.75. The molecule has 2 unspecified atom stereocenters. The van der Waals surface area contributed by atoms with Gasteiger partial charge in [-0.2, -0.15) is 5.10 Å². The molecule has 2 heterocycles. The first-order chi connectivity index (χ1) is 11.5. The number of esters is 1. The number of ketones is 1. The van der Waals surface area contributed by atoms with Gasteiger partial charge >= 0.3 is 5.97 Å². The van der Waals surface area contributed by atoms with Gasteiger partial charge < -0.3 is 10.1 Å². The highest BCUT2D eigenvalue weighted by atomic mass is 19.1. The summed E-state index contributed by atoms with van der Waals surface area (Å²) < 4.78 is 20.2. The second kappa shape index (κ2) is 6.72. The summed E-state index contributed by atoms with van der Waals surface area (Å²) in [5.74, 6) is -1.57. The van der Waals surface area contributed by atoms with Crippen molar-refractivity contribution in [2.45, 2.75) is 31.8 Å². The summed E-state index contributed by atoms with van der Waals surface area (Å²) in [6, 6.07) is 0.999. The number of hydrogen-bond acceptors (Lipinski definition) is 5. The summed E-state index contributed by atoms with van der Waals surface area (Å²) in [7, 11) is 5.62. The van der Waals surface area contributed by atoms with Crippen LogP contribution in [0.4, 0.5) is 4.39 Å². The Bertz CT molecular complexity index is 786. The summed E-state index contributed by atoms with van der Waals surface area (Å²) in [5.41, 5.74) is 0.510. The first-order valence-electron chi connectivity index (χ1n) is 7.89. The van der Waals surface area contributed by atoms with Gasteiger partial charge in [-0.25, -0.2) is 13.9 Å². The zero-order valence-corrected chi connectivity index (χ0v) is 13.3. The molecule has 1 aliphatic rings. The van der Waals surface area contributed by atoms with Gasteiger partial charge in [0.25, 0.3) is 0 Å². The van der Waals surface area contributed by atoms with E-state index in [9.17, 15) is 14.0 Å². The molecule has 2 aromatic rings. The molecular weight excluding hydrogens is 312 g/mol. The monoisotopic (exact) mass is 329 g/mol. The minimum Gasteiger partial charge on any atom is -0.464 e. The van der Waals surface area contributed by atoms with E-state index in [1.165, 1.54) is 23.0 Å². The van der Waals surface area contributed by atoms with Crippen molar-refractivity contribution in [2.24, 2.45) is 0 Å². The highest BCUT2D eigenvalue weighted by molar-refractivity contribution is 6.33. The predicted octanol–water partition coefficient (Wildman–Crippen LogP) is 0.394. The van der Waals surface area contributed by atoms with Gasteiger partial charge in [0.1, 0.15) is 13.7 Å². The number of rotatable bonds is 5. The van der Waals surface area contributed by atoms with Gasteiger partial charge in [-0.3, -0.25) is 4.79 Å². The maximum absolute atomic E-state index is 14.0. The van der Waals surface area contributed by atoms with Crippen LogP contribution in [-0.4, -0.2) is 48.6 Å². The first kappa shape index (κ1) is 16.6. The topological polar surface area (TPSA) is 73.2 Å². The lowest BCUT2D eigenvalue weighted by Gasteiger charge is -2.18. The number of benzene rings is 1. The molecule has 0 spiro atoms. The number of Topliss-reactive ketones (excluding diaryl/α,β-unsaturated/α-hetero) is 1. The van der Waals surface area contributed by atoms with E-state index in [0.29, 0.717) is 6.42 Å². The fourth-order valence-corrected chi connectivity index (χ4v) is 2.95. The van der Waals surface area contributed by atoms with Crippen molar-refractivity contribution >= 4 is 36.0 Å². The third kappa shape index (κ3) is 3.06. The SMILES string of the molecule is [B]c1cc(F)c2cn(C(C(=O)OCC)C(=O)C3CCCN3)nc2c1. The predicted molar refractivity (Wildman–Crippen MR) is 86.8 cm³/mol. The van der Waals surface area contributed by atoms with Crippen LogP contribution in [0.2, 0.25) is 0 Å².